The monoisotopic (exact) mass is 355 g/mol. The van der Waals surface area contributed by atoms with Gasteiger partial charge in [0.05, 0.1) is 30.0 Å². The Labute approximate surface area is 153 Å². The number of hydrogen-bond donors (Lipinski definition) is 1. The van der Waals surface area contributed by atoms with Gasteiger partial charge in [-0.1, -0.05) is 32.0 Å². The molecule has 3 heterocycles. The van der Waals surface area contributed by atoms with Crippen molar-refractivity contribution in [3.05, 3.63) is 30.6 Å². The lowest BCUT2D eigenvalue weighted by Gasteiger charge is -2.36. The molecular formula is C19H25N5O2. The van der Waals surface area contributed by atoms with Crippen LogP contribution in [0.2, 0.25) is 0 Å². The Hall–Kier alpha value is -2.51. The van der Waals surface area contributed by atoms with Crippen LogP contribution in [0.5, 0.6) is 0 Å². The highest BCUT2D eigenvalue weighted by Gasteiger charge is 2.33. The molecule has 1 aliphatic rings. The first-order chi connectivity index (χ1) is 12.7. The van der Waals surface area contributed by atoms with Gasteiger partial charge in [-0.25, -0.2) is 15.0 Å². The molecule has 1 fully saturated rings. The van der Waals surface area contributed by atoms with Crippen molar-refractivity contribution in [3.63, 3.8) is 0 Å². The number of aliphatic hydroxyl groups excluding tert-OH is 1. The quantitative estimate of drug-likeness (QED) is 0.575. The third kappa shape index (κ3) is 3.15. The van der Waals surface area contributed by atoms with E-state index >= 15 is 0 Å². The number of hydrogen-bond acceptors (Lipinski definition) is 5. The maximum Gasteiger partial charge on any atom is 0.166 e. The van der Waals surface area contributed by atoms with Crippen LogP contribution < -0.4 is 0 Å². The first kappa shape index (κ1) is 18.3. The normalized spacial score (nSPS) is 19.4. The third-order valence-corrected chi connectivity index (χ3v) is 4.19. The first-order valence-corrected chi connectivity index (χ1v) is 8.89. The maximum atomic E-state index is 9.21. The lowest BCUT2D eigenvalue weighted by molar-refractivity contribution is -0.176. The zero-order valence-electron chi connectivity index (χ0n) is 15.6. The molecule has 1 aliphatic heterocycles. The fraction of sp³-hybridized carbons (Fsp3) is 0.421. The molecular weight excluding hydrogens is 330 g/mol. The van der Waals surface area contributed by atoms with Crippen molar-refractivity contribution < 1.29 is 9.84 Å². The van der Waals surface area contributed by atoms with Crippen LogP contribution in [0.15, 0.2) is 35.6 Å². The second kappa shape index (κ2) is 7.80. The van der Waals surface area contributed by atoms with Crippen LogP contribution in [-0.2, 0) is 4.74 Å². The Balaban J connectivity index is 0.000000948. The van der Waals surface area contributed by atoms with Gasteiger partial charge in [0.25, 0.3) is 0 Å². The minimum absolute atomic E-state index is 0.0427. The summed E-state index contributed by atoms with van der Waals surface area (Å²) in [6.45, 7) is 4.04. The van der Waals surface area contributed by atoms with Gasteiger partial charge in [-0.3, -0.25) is 4.57 Å². The van der Waals surface area contributed by atoms with E-state index in [1.807, 2.05) is 57.1 Å². The summed E-state index contributed by atoms with van der Waals surface area (Å²) in [7, 11) is 3.84. The lowest BCUT2D eigenvalue weighted by Crippen LogP contribution is -2.37. The fourth-order valence-electron chi connectivity index (χ4n) is 3.08. The van der Waals surface area contributed by atoms with Gasteiger partial charge in [0, 0.05) is 25.9 Å². The number of aliphatic hydroxyl groups is 1. The minimum Gasteiger partial charge on any atom is -0.394 e. The summed E-state index contributed by atoms with van der Waals surface area (Å²) >= 11 is 0. The smallest absolute Gasteiger partial charge is 0.166 e. The van der Waals surface area contributed by atoms with Gasteiger partial charge in [0.2, 0.25) is 0 Å². The summed E-state index contributed by atoms with van der Waals surface area (Å²) in [5.41, 5.74) is 1.84. The Kier molecular flexibility index (Phi) is 5.49. The van der Waals surface area contributed by atoms with E-state index in [0.717, 1.165) is 28.4 Å². The topological polar surface area (TPSA) is 75.8 Å². The van der Waals surface area contributed by atoms with Crippen molar-refractivity contribution in [2.45, 2.75) is 32.6 Å². The number of aromatic nitrogens is 3. The summed E-state index contributed by atoms with van der Waals surface area (Å²) in [6, 6.07) is 8.09. The zero-order chi connectivity index (χ0) is 18.7. The number of nitrogens with zero attached hydrogens (tertiary/aromatic N) is 5. The van der Waals surface area contributed by atoms with E-state index in [0.29, 0.717) is 5.82 Å². The second-order valence-corrected chi connectivity index (χ2v) is 6.12. The molecule has 2 aromatic heterocycles. The van der Waals surface area contributed by atoms with E-state index in [1.54, 1.807) is 6.34 Å². The molecule has 1 saturated heterocycles. The predicted molar refractivity (Wildman–Crippen MR) is 104 cm³/mol. The molecule has 0 spiro atoms. The van der Waals surface area contributed by atoms with E-state index in [9.17, 15) is 5.11 Å². The molecule has 0 radical (unpaired) electrons. The summed E-state index contributed by atoms with van der Waals surface area (Å²) in [4.78, 5) is 15.2. The molecule has 138 valence electrons. The zero-order valence-corrected chi connectivity index (χ0v) is 15.6. The lowest BCUT2D eigenvalue weighted by atomic mass is 10.1. The van der Waals surface area contributed by atoms with Crippen LogP contribution in [0.3, 0.4) is 0 Å². The number of para-hydroxylation sites is 1. The number of aliphatic imine (C=N–C) groups is 1. The molecule has 0 aliphatic carbocycles. The molecule has 7 heteroatoms. The van der Waals surface area contributed by atoms with Gasteiger partial charge >= 0.3 is 0 Å². The van der Waals surface area contributed by atoms with Crippen molar-refractivity contribution in [3.8, 4) is 0 Å². The standard InChI is InChI=1S/C17H19N5O2.C2H6/c1-21(2)10-20-16-15-12-5-3-4-6-13(12)22(17(15)19-9-18-16)14-7-11(8-23)24-14;1-2/h3-6,9-11,14,23H,7-8H2,1-2H3;1-2H3/b20-10-;. The van der Waals surface area contributed by atoms with Crippen LogP contribution in [-0.4, -0.2) is 57.7 Å². The molecule has 0 saturated carbocycles. The van der Waals surface area contributed by atoms with E-state index in [-0.39, 0.29) is 18.9 Å². The van der Waals surface area contributed by atoms with Gasteiger partial charge in [-0.15, -0.1) is 0 Å². The highest BCUT2D eigenvalue weighted by molar-refractivity contribution is 6.11. The molecule has 0 bridgehead atoms. The van der Waals surface area contributed by atoms with Crippen molar-refractivity contribution >= 4 is 34.1 Å². The molecule has 4 rings (SSSR count). The fourth-order valence-corrected chi connectivity index (χ4v) is 3.08. The molecule has 7 nitrogen and oxygen atoms in total. The van der Waals surface area contributed by atoms with Crippen molar-refractivity contribution in [2.24, 2.45) is 4.99 Å². The molecule has 2 unspecified atom stereocenters. The minimum atomic E-state index is -0.120. The predicted octanol–water partition coefficient (Wildman–Crippen LogP) is 3.11. The van der Waals surface area contributed by atoms with Gasteiger partial charge in [0.15, 0.2) is 5.82 Å². The van der Waals surface area contributed by atoms with Crippen molar-refractivity contribution in [1.82, 2.24) is 19.4 Å². The SMILES string of the molecule is CC.CN(C)/C=N\c1ncnc2c1c1ccccc1n2C1CC(CO)O1. The molecule has 3 aromatic rings. The summed E-state index contributed by atoms with van der Waals surface area (Å²) in [5.74, 6) is 0.640. The van der Waals surface area contributed by atoms with Crippen LogP contribution in [0.1, 0.15) is 26.5 Å². The maximum absolute atomic E-state index is 9.21. The molecule has 1 aromatic carbocycles. The Morgan fingerprint density at radius 3 is 2.73 bits per heavy atom. The molecule has 2 atom stereocenters. The highest BCUT2D eigenvalue weighted by atomic mass is 16.5. The van der Waals surface area contributed by atoms with Gasteiger partial charge in [0.1, 0.15) is 18.2 Å². The Morgan fingerprint density at radius 1 is 1.31 bits per heavy atom. The Bertz CT molecular complexity index is 913. The number of benzene rings is 1. The largest absolute Gasteiger partial charge is 0.394 e. The summed E-state index contributed by atoms with van der Waals surface area (Å²) < 4.78 is 7.87. The van der Waals surface area contributed by atoms with Gasteiger partial charge < -0.3 is 14.7 Å². The van der Waals surface area contributed by atoms with Crippen LogP contribution in [0, 0.1) is 0 Å². The molecule has 0 amide bonds. The average Bonchev–Trinajstić information content (AvgIpc) is 2.96. The van der Waals surface area contributed by atoms with Crippen LogP contribution >= 0.6 is 0 Å². The van der Waals surface area contributed by atoms with Crippen molar-refractivity contribution in [1.29, 1.82) is 0 Å². The second-order valence-electron chi connectivity index (χ2n) is 6.12. The first-order valence-electron chi connectivity index (χ1n) is 8.89. The number of ether oxygens (including phenoxy) is 1. The average molecular weight is 355 g/mol. The van der Waals surface area contributed by atoms with E-state index < -0.39 is 0 Å². The molecule has 1 N–H and O–H groups in total. The highest BCUT2D eigenvalue weighted by Crippen LogP contribution is 2.40. The van der Waals surface area contributed by atoms with Gasteiger partial charge in [-0.2, -0.15) is 0 Å². The van der Waals surface area contributed by atoms with E-state index in [1.165, 1.54) is 6.33 Å². The van der Waals surface area contributed by atoms with Gasteiger partial charge in [-0.05, 0) is 6.07 Å². The summed E-state index contributed by atoms with van der Waals surface area (Å²) in [5, 5.41) is 11.2. The Morgan fingerprint density at radius 2 is 2.04 bits per heavy atom. The third-order valence-electron chi connectivity index (χ3n) is 4.19. The molecule has 26 heavy (non-hydrogen) atoms. The van der Waals surface area contributed by atoms with Crippen LogP contribution in [0.25, 0.3) is 21.9 Å². The van der Waals surface area contributed by atoms with Crippen LogP contribution in [0.4, 0.5) is 5.82 Å². The number of fused-ring (bicyclic) bond motifs is 3. The number of rotatable bonds is 4. The van der Waals surface area contributed by atoms with E-state index in [4.69, 9.17) is 4.74 Å². The van der Waals surface area contributed by atoms with Crippen molar-refractivity contribution in [2.75, 3.05) is 20.7 Å². The summed E-state index contributed by atoms with van der Waals surface area (Å²) in [6.07, 6.45) is 3.81. The van der Waals surface area contributed by atoms with E-state index in [2.05, 4.69) is 19.5 Å².